The second-order valence-electron chi connectivity index (χ2n) is 6.81. The number of halogens is 1. The molecular weight excluding hydrogens is 464 g/mol. The molecule has 1 aliphatic heterocycles. The van der Waals surface area contributed by atoms with Gasteiger partial charge in [0.15, 0.2) is 4.32 Å². The Kier molecular flexibility index (Phi) is 6.90. The van der Waals surface area contributed by atoms with Crippen LogP contribution in [-0.2, 0) is 11.4 Å². The van der Waals surface area contributed by atoms with E-state index >= 15 is 0 Å². The molecule has 8 heteroatoms. The van der Waals surface area contributed by atoms with E-state index in [1.165, 1.54) is 0 Å². The first kappa shape index (κ1) is 22.1. The number of thiocarbonyl (C=S) groups is 1. The Hall–Kier alpha value is -3.13. The summed E-state index contributed by atoms with van der Waals surface area (Å²) >= 11 is 12.3. The van der Waals surface area contributed by atoms with Gasteiger partial charge in [0, 0.05) is 10.6 Å². The summed E-state index contributed by atoms with van der Waals surface area (Å²) in [6.45, 7) is 0.427. The number of amides is 2. The number of carbonyl (C=O) groups excluding carboxylic acids is 2. The lowest BCUT2D eigenvalue weighted by atomic mass is 10.2. The molecule has 3 aromatic rings. The van der Waals surface area contributed by atoms with E-state index < -0.39 is 5.91 Å². The molecule has 2 amide bonds. The molecule has 0 radical (unpaired) electrons. The largest absolute Gasteiger partial charge is 0.489 e. The summed E-state index contributed by atoms with van der Waals surface area (Å²) < 4.78 is 6.06. The molecule has 0 bridgehead atoms. The van der Waals surface area contributed by atoms with Crippen molar-refractivity contribution in [2.45, 2.75) is 6.61 Å². The normalized spacial score (nSPS) is 14.7. The number of nitrogens with zero attached hydrogens (tertiary/aromatic N) is 1. The van der Waals surface area contributed by atoms with Crippen LogP contribution < -0.4 is 10.2 Å². The summed E-state index contributed by atoms with van der Waals surface area (Å²) in [4.78, 5) is 25.5. The van der Waals surface area contributed by atoms with Crippen LogP contribution in [0.1, 0.15) is 21.5 Å². The Bertz CT molecular complexity index is 1180. The van der Waals surface area contributed by atoms with Crippen molar-refractivity contribution in [3.8, 4) is 5.75 Å². The molecule has 3 aromatic carbocycles. The highest BCUT2D eigenvalue weighted by molar-refractivity contribution is 8.26. The molecular formula is C24H17ClN2O3S2. The van der Waals surface area contributed by atoms with Gasteiger partial charge in [-0.1, -0.05) is 65.8 Å². The van der Waals surface area contributed by atoms with E-state index in [-0.39, 0.29) is 10.2 Å². The second-order valence-corrected chi connectivity index (χ2v) is 8.92. The van der Waals surface area contributed by atoms with Crippen LogP contribution in [0.25, 0.3) is 6.08 Å². The van der Waals surface area contributed by atoms with Crippen LogP contribution in [0.2, 0.25) is 5.02 Å². The Labute approximate surface area is 200 Å². The lowest BCUT2D eigenvalue weighted by Crippen LogP contribution is -2.44. The summed E-state index contributed by atoms with van der Waals surface area (Å²) in [5, 5.41) is 1.79. The van der Waals surface area contributed by atoms with Gasteiger partial charge in [0.1, 0.15) is 12.4 Å². The van der Waals surface area contributed by atoms with Crippen molar-refractivity contribution >= 4 is 57.8 Å². The predicted molar refractivity (Wildman–Crippen MR) is 131 cm³/mol. The molecule has 4 rings (SSSR count). The van der Waals surface area contributed by atoms with E-state index in [4.69, 9.17) is 28.6 Å². The van der Waals surface area contributed by atoms with E-state index in [2.05, 4.69) is 5.43 Å². The first-order valence-electron chi connectivity index (χ1n) is 9.61. The topological polar surface area (TPSA) is 58.6 Å². The van der Waals surface area contributed by atoms with Crippen LogP contribution in [0.15, 0.2) is 83.8 Å². The van der Waals surface area contributed by atoms with Crippen LogP contribution in [-0.4, -0.2) is 21.1 Å². The number of nitrogens with one attached hydrogen (secondary N) is 1. The summed E-state index contributed by atoms with van der Waals surface area (Å²) in [7, 11) is 0. The van der Waals surface area contributed by atoms with Crippen molar-refractivity contribution < 1.29 is 14.3 Å². The van der Waals surface area contributed by atoms with Crippen molar-refractivity contribution in [2.24, 2.45) is 0 Å². The monoisotopic (exact) mass is 480 g/mol. The van der Waals surface area contributed by atoms with Crippen molar-refractivity contribution in [3.63, 3.8) is 0 Å². The highest BCUT2D eigenvalue weighted by Crippen LogP contribution is 2.31. The van der Waals surface area contributed by atoms with Crippen LogP contribution in [0.3, 0.4) is 0 Å². The number of ether oxygens (including phenoxy) is 1. The van der Waals surface area contributed by atoms with Crippen LogP contribution in [0.5, 0.6) is 5.75 Å². The minimum absolute atomic E-state index is 0.272. The average Bonchev–Trinajstić information content (AvgIpc) is 3.07. The van der Waals surface area contributed by atoms with Gasteiger partial charge in [-0.25, -0.2) is 0 Å². The van der Waals surface area contributed by atoms with Gasteiger partial charge >= 0.3 is 0 Å². The van der Waals surface area contributed by atoms with E-state index in [9.17, 15) is 9.59 Å². The molecule has 0 unspecified atom stereocenters. The van der Waals surface area contributed by atoms with Gasteiger partial charge in [0.05, 0.1) is 4.91 Å². The number of hydrogen-bond donors (Lipinski definition) is 1. The lowest BCUT2D eigenvalue weighted by Gasteiger charge is -2.15. The fraction of sp³-hybridized carbons (Fsp3) is 0.0417. The maximum atomic E-state index is 12.7. The van der Waals surface area contributed by atoms with Crippen molar-refractivity contribution in [3.05, 3.63) is 105 Å². The Balaban J connectivity index is 1.39. The smallest absolute Gasteiger partial charge is 0.285 e. The molecule has 1 fully saturated rings. The molecule has 32 heavy (non-hydrogen) atoms. The minimum Gasteiger partial charge on any atom is -0.489 e. The lowest BCUT2D eigenvalue weighted by molar-refractivity contribution is -0.123. The molecule has 5 nitrogen and oxygen atoms in total. The molecule has 160 valence electrons. The zero-order valence-corrected chi connectivity index (χ0v) is 19.0. The van der Waals surface area contributed by atoms with E-state index in [1.807, 2.05) is 54.6 Å². The van der Waals surface area contributed by atoms with Crippen LogP contribution in [0.4, 0.5) is 0 Å². The zero-order valence-electron chi connectivity index (χ0n) is 16.7. The van der Waals surface area contributed by atoms with Gasteiger partial charge in [-0.2, -0.15) is 5.01 Å². The zero-order chi connectivity index (χ0) is 22.5. The quantitative estimate of drug-likeness (QED) is 0.374. The van der Waals surface area contributed by atoms with Gasteiger partial charge in [-0.15, -0.1) is 0 Å². The Morgan fingerprint density at radius 2 is 1.72 bits per heavy atom. The van der Waals surface area contributed by atoms with Gasteiger partial charge in [0.25, 0.3) is 11.8 Å². The van der Waals surface area contributed by atoms with Gasteiger partial charge < -0.3 is 4.74 Å². The number of hydrazine groups is 1. The molecule has 1 aliphatic rings. The highest BCUT2D eigenvalue weighted by atomic mass is 35.5. The summed E-state index contributed by atoms with van der Waals surface area (Å²) in [6.07, 6.45) is 1.73. The number of hydrogen-bond acceptors (Lipinski definition) is 5. The molecule has 1 saturated heterocycles. The average molecular weight is 481 g/mol. The molecule has 0 aliphatic carbocycles. The third-order valence-corrected chi connectivity index (χ3v) is 6.09. The number of benzene rings is 3. The van der Waals surface area contributed by atoms with Gasteiger partial charge in [-0.05, 0) is 65.8 Å². The maximum Gasteiger partial charge on any atom is 0.285 e. The molecule has 0 spiro atoms. The van der Waals surface area contributed by atoms with Crippen molar-refractivity contribution in [1.82, 2.24) is 10.4 Å². The maximum absolute atomic E-state index is 12.7. The second kappa shape index (κ2) is 9.99. The first-order chi connectivity index (χ1) is 15.5. The van der Waals surface area contributed by atoms with Crippen LogP contribution in [0, 0.1) is 0 Å². The van der Waals surface area contributed by atoms with E-state index in [0.29, 0.717) is 27.8 Å². The summed E-state index contributed by atoms with van der Waals surface area (Å²) in [5.41, 5.74) is 4.85. The predicted octanol–water partition coefficient (Wildman–Crippen LogP) is 5.47. The van der Waals surface area contributed by atoms with Crippen LogP contribution >= 0.6 is 35.6 Å². The fourth-order valence-corrected chi connectivity index (χ4v) is 4.18. The molecule has 1 heterocycles. The molecule has 0 saturated carbocycles. The Morgan fingerprint density at radius 3 is 2.41 bits per heavy atom. The third kappa shape index (κ3) is 5.37. The first-order valence-corrected chi connectivity index (χ1v) is 11.2. The van der Waals surface area contributed by atoms with E-state index in [1.54, 1.807) is 30.3 Å². The SMILES string of the molecule is O=C(NN1C(=O)/C(=C\c2ccc(OCc3ccc(Cl)cc3)cc2)SC1=S)c1ccccc1. The number of thioether (sulfide) groups is 1. The van der Waals surface area contributed by atoms with Crippen molar-refractivity contribution in [2.75, 3.05) is 0 Å². The summed E-state index contributed by atoms with van der Waals surface area (Å²) in [5.74, 6) is -0.0579. The van der Waals surface area contributed by atoms with Crippen molar-refractivity contribution in [1.29, 1.82) is 0 Å². The summed E-state index contributed by atoms with van der Waals surface area (Å²) in [6, 6.07) is 23.5. The Morgan fingerprint density at radius 1 is 1.03 bits per heavy atom. The molecule has 0 atom stereocenters. The fourth-order valence-electron chi connectivity index (χ4n) is 2.88. The van der Waals surface area contributed by atoms with Gasteiger partial charge in [0.2, 0.25) is 0 Å². The minimum atomic E-state index is -0.398. The number of rotatable bonds is 6. The van der Waals surface area contributed by atoms with Gasteiger partial charge in [-0.3, -0.25) is 15.0 Å². The third-order valence-electron chi connectivity index (χ3n) is 4.54. The number of carbonyl (C=O) groups is 2. The molecule has 1 N–H and O–H groups in total. The van der Waals surface area contributed by atoms with E-state index in [0.717, 1.165) is 27.9 Å². The standard InChI is InChI=1S/C24H17ClN2O3S2/c25-19-10-6-17(7-11-19)15-30-20-12-8-16(9-13-20)14-21-23(29)27(24(31)32-21)26-22(28)18-4-2-1-3-5-18/h1-14H,15H2,(H,26,28)/b21-14+. The highest BCUT2D eigenvalue weighted by Gasteiger charge is 2.33. The molecule has 0 aromatic heterocycles.